The van der Waals surface area contributed by atoms with E-state index in [2.05, 4.69) is 40.8 Å². The largest absolute Gasteiger partial charge is 0.371 e. The Bertz CT molecular complexity index is 799. The van der Waals surface area contributed by atoms with Crippen molar-refractivity contribution in [2.45, 2.75) is 30.9 Å². The molecule has 1 atom stereocenters. The Morgan fingerprint density at radius 1 is 1.29 bits per heavy atom. The Balaban J connectivity index is 1.58. The number of sulfonamides is 1. The zero-order valence-electron chi connectivity index (χ0n) is 14.2. The van der Waals surface area contributed by atoms with Gasteiger partial charge in [0.25, 0.3) is 0 Å². The molecular formula is C18H24N2O2S2. The van der Waals surface area contributed by atoms with Crippen molar-refractivity contribution in [2.75, 3.05) is 24.5 Å². The predicted octanol–water partition coefficient (Wildman–Crippen LogP) is 3.42. The van der Waals surface area contributed by atoms with Gasteiger partial charge in [-0.3, -0.25) is 0 Å². The van der Waals surface area contributed by atoms with Gasteiger partial charge in [0.1, 0.15) is 4.21 Å². The smallest absolute Gasteiger partial charge is 0.250 e. The Morgan fingerprint density at radius 3 is 2.83 bits per heavy atom. The van der Waals surface area contributed by atoms with Gasteiger partial charge in [-0.1, -0.05) is 19.1 Å². The highest BCUT2D eigenvalue weighted by Gasteiger charge is 2.25. The normalized spacial score (nSPS) is 18.2. The summed E-state index contributed by atoms with van der Waals surface area (Å²) in [6.45, 7) is 6.51. The van der Waals surface area contributed by atoms with Gasteiger partial charge in [-0.15, -0.1) is 11.3 Å². The SMILES string of the molecule is CCc1ccc(S(=O)(=O)NCC2CCN(c3cccc(C)c3)C2)s1. The molecule has 0 spiro atoms. The van der Waals surface area contributed by atoms with Crippen LogP contribution < -0.4 is 9.62 Å². The van der Waals surface area contributed by atoms with Crippen LogP contribution in [0, 0.1) is 12.8 Å². The topological polar surface area (TPSA) is 49.4 Å². The third-order valence-electron chi connectivity index (χ3n) is 4.46. The molecule has 1 N–H and O–H groups in total. The average molecular weight is 365 g/mol. The summed E-state index contributed by atoms with van der Waals surface area (Å²) in [7, 11) is -3.38. The van der Waals surface area contributed by atoms with Crippen LogP contribution in [0.4, 0.5) is 5.69 Å². The second kappa shape index (κ2) is 7.25. The van der Waals surface area contributed by atoms with Crippen LogP contribution in [0.15, 0.2) is 40.6 Å². The molecule has 1 aliphatic rings. The molecule has 1 aromatic carbocycles. The van der Waals surface area contributed by atoms with Crippen molar-refractivity contribution >= 4 is 27.0 Å². The Kier molecular flexibility index (Phi) is 5.27. The molecule has 1 saturated heterocycles. The van der Waals surface area contributed by atoms with Gasteiger partial charge in [0.2, 0.25) is 10.0 Å². The highest BCUT2D eigenvalue weighted by atomic mass is 32.2. The molecule has 6 heteroatoms. The summed E-state index contributed by atoms with van der Waals surface area (Å²) < 4.78 is 28.0. The van der Waals surface area contributed by atoms with E-state index in [1.807, 2.05) is 13.0 Å². The molecule has 0 radical (unpaired) electrons. The summed E-state index contributed by atoms with van der Waals surface area (Å²) in [6, 6.07) is 12.1. The van der Waals surface area contributed by atoms with E-state index < -0.39 is 10.0 Å². The Morgan fingerprint density at radius 2 is 2.12 bits per heavy atom. The van der Waals surface area contributed by atoms with Crippen LogP contribution in [0.25, 0.3) is 0 Å². The van der Waals surface area contributed by atoms with Crippen molar-refractivity contribution in [2.24, 2.45) is 5.92 Å². The van der Waals surface area contributed by atoms with Crippen LogP contribution in [0.2, 0.25) is 0 Å². The van der Waals surface area contributed by atoms with Crippen LogP contribution in [-0.2, 0) is 16.4 Å². The first-order chi connectivity index (χ1) is 11.5. The number of hydrogen-bond acceptors (Lipinski definition) is 4. The van der Waals surface area contributed by atoms with E-state index in [4.69, 9.17) is 0 Å². The number of rotatable bonds is 6. The maximum atomic E-state index is 12.4. The van der Waals surface area contributed by atoms with E-state index in [1.165, 1.54) is 22.6 Å². The van der Waals surface area contributed by atoms with Gasteiger partial charge < -0.3 is 4.90 Å². The first-order valence-corrected chi connectivity index (χ1v) is 10.7. The molecule has 4 nitrogen and oxygen atoms in total. The molecule has 1 aromatic heterocycles. The molecule has 1 unspecified atom stereocenters. The minimum atomic E-state index is -3.38. The zero-order chi connectivity index (χ0) is 17.2. The minimum Gasteiger partial charge on any atom is -0.371 e. The molecule has 0 aliphatic carbocycles. The van der Waals surface area contributed by atoms with Crippen molar-refractivity contribution in [3.63, 3.8) is 0 Å². The van der Waals surface area contributed by atoms with Crippen LogP contribution in [0.1, 0.15) is 23.8 Å². The number of anilines is 1. The van der Waals surface area contributed by atoms with E-state index >= 15 is 0 Å². The number of nitrogens with zero attached hydrogens (tertiary/aromatic N) is 1. The van der Waals surface area contributed by atoms with Crippen molar-refractivity contribution < 1.29 is 8.42 Å². The quantitative estimate of drug-likeness (QED) is 0.854. The lowest BCUT2D eigenvalue weighted by molar-refractivity contribution is 0.543. The lowest BCUT2D eigenvalue weighted by atomic mass is 10.1. The lowest BCUT2D eigenvalue weighted by Crippen LogP contribution is -2.30. The monoisotopic (exact) mass is 364 g/mol. The molecule has 0 bridgehead atoms. The van der Waals surface area contributed by atoms with Crippen LogP contribution in [-0.4, -0.2) is 28.1 Å². The third kappa shape index (κ3) is 3.99. The van der Waals surface area contributed by atoms with Gasteiger partial charge >= 0.3 is 0 Å². The molecule has 0 saturated carbocycles. The molecule has 2 heterocycles. The fourth-order valence-electron chi connectivity index (χ4n) is 3.05. The van der Waals surface area contributed by atoms with Crippen molar-refractivity contribution in [1.29, 1.82) is 0 Å². The van der Waals surface area contributed by atoms with Crippen LogP contribution >= 0.6 is 11.3 Å². The summed E-state index contributed by atoms with van der Waals surface area (Å²) in [5.41, 5.74) is 2.48. The number of hydrogen-bond donors (Lipinski definition) is 1. The summed E-state index contributed by atoms with van der Waals surface area (Å²) in [5.74, 6) is 0.353. The average Bonchev–Trinajstić information content (AvgIpc) is 3.23. The number of benzene rings is 1. The number of nitrogens with one attached hydrogen (secondary N) is 1. The second-order valence-electron chi connectivity index (χ2n) is 6.37. The van der Waals surface area contributed by atoms with E-state index in [1.54, 1.807) is 6.07 Å². The van der Waals surface area contributed by atoms with Gasteiger partial charge in [-0.25, -0.2) is 13.1 Å². The van der Waals surface area contributed by atoms with Gasteiger partial charge in [-0.05, 0) is 55.5 Å². The molecule has 3 rings (SSSR count). The predicted molar refractivity (Wildman–Crippen MR) is 100 cm³/mol. The van der Waals surface area contributed by atoms with E-state index in [9.17, 15) is 8.42 Å². The Labute approximate surface area is 148 Å². The van der Waals surface area contributed by atoms with Gasteiger partial charge in [-0.2, -0.15) is 0 Å². The molecule has 0 amide bonds. The van der Waals surface area contributed by atoms with Crippen molar-refractivity contribution in [1.82, 2.24) is 4.72 Å². The van der Waals surface area contributed by atoms with Gasteiger partial charge in [0.15, 0.2) is 0 Å². The van der Waals surface area contributed by atoms with Crippen LogP contribution in [0.3, 0.4) is 0 Å². The zero-order valence-corrected chi connectivity index (χ0v) is 15.8. The highest BCUT2D eigenvalue weighted by molar-refractivity contribution is 7.91. The van der Waals surface area contributed by atoms with Crippen molar-refractivity contribution in [3.05, 3.63) is 46.8 Å². The molecule has 130 valence electrons. The fraction of sp³-hybridized carbons (Fsp3) is 0.444. The highest BCUT2D eigenvalue weighted by Crippen LogP contribution is 2.25. The lowest BCUT2D eigenvalue weighted by Gasteiger charge is -2.19. The second-order valence-corrected chi connectivity index (χ2v) is 9.53. The first-order valence-electron chi connectivity index (χ1n) is 8.38. The summed E-state index contributed by atoms with van der Waals surface area (Å²) in [6.07, 6.45) is 1.88. The van der Waals surface area contributed by atoms with Gasteiger partial charge in [0, 0.05) is 30.2 Å². The van der Waals surface area contributed by atoms with E-state index in [-0.39, 0.29) is 0 Å². The maximum absolute atomic E-state index is 12.4. The first kappa shape index (κ1) is 17.5. The van der Waals surface area contributed by atoms with E-state index in [0.29, 0.717) is 16.7 Å². The maximum Gasteiger partial charge on any atom is 0.250 e. The Hall–Kier alpha value is -1.37. The standard InChI is InChI=1S/C18H24N2O2S2/c1-3-17-7-8-18(23-17)24(21,22)19-12-15-9-10-20(13-15)16-6-4-5-14(2)11-16/h4-8,11,15,19H,3,9-10,12-13H2,1-2H3. The van der Waals surface area contributed by atoms with Crippen molar-refractivity contribution in [3.8, 4) is 0 Å². The summed E-state index contributed by atoms with van der Waals surface area (Å²) in [5, 5.41) is 0. The molecule has 24 heavy (non-hydrogen) atoms. The molecule has 1 fully saturated rings. The van der Waals surface area contributed by atoms with E-state index in [0.717, 1.165) is 30.8 Å². The summed E-state index contributed by atoms with van der Waals surface area (Å²) >= 11 is 1.36. The number of thiophene rings is 1. The third-order valence-corrected chi connectivity index (χ3v) is 7.61. The minimum absolute atomic E-state index is 0.353. The fourth-order valence-corrected chi connectivity index (χ4v) is 5.51. The molecule has 2 aromatic rings. The molecular weight excluding hydrogens is 340 g/mol. The molecule has 1 aliphatic heterocycles. The number of aryl methyl sites for hydroxylation is 2. The summed E-state index contributed by atoms with van der Waals surface area (Å²) in [4.78, 5) is 3.44. The van der Waals surface area contributed by atoms with Gasteiger partial charge in [0.05, 0.1) is 0 Å². The van der Waals surface area contributed by atoms with Crippen LogP contribution in [0.5, 0.6) is 0 Å².